The highest BCUT2D eigenvalue weighted by atomic mass is 32.2. The van der Waals surface area contributed by atoms with Gasteiger partial charge in [0.05, 0.1) is 29.4 Å². The Kier molecular flexibility index (Phi) is 6.96. The van der Waals surface area contributed by atoms with E-state index in [0.717, 1.165) is 18.6 Å². The van der Waals surface area contributed by atoms with E-state index in [1.807, 2.05) is 13.8 Å². The normalized spacial score (nSPS) is 25.1. The van der Waals surface area contributed by atoms with Crippen molar-refractivity contribution < 1.29 is 31.4 Å². The molecule has 0 aliphatic carbocycles. The SMILES string of the molecule is CCCC[C@]1(CC)CS(=O)(=O)c2ccc(OC)cc2[C@H](c2cccc(C(F)(F)F)c2)[C@@H]1O. The molecule has 0 saturated carbocycles. The third-order valence-corrected chi connectivity index (χ3v) is 8.61. The first-order valence-electron chi connectivity index (χ1n) is 10.7. The lowest BCUT2D eigenvalue weighted by Gasteiger charge is -2.39. The van der Waals surface area contributed by atoms with Gasteiger partial charge in [-0.05, 0) is 48.2 Å². The number of fused-ring (bicyclic) bond motifs is 1. The summed E-state index contributed by atoms with van der Waals surface area (Å²) < 4.78 is 72.5. The molecule has 1 heterocycles. The monoisotopic (exact) mass is 470 g/mol. The first kappa shape index (κ1) is 24.6. The van der Waals surface area contributed by atoms with Crippen molar-refractivity contribution in [1.82, 2.24) is 0 Å². The third-order valence-electron chi connectivity index (χ3n) is 6.61. The highest BCUT2D eigenvalue weighted by molar-refractivity contribution is 7.91. The smallest absolute Gasteiger partial charge is 0.416 e. The molecule has 8 heteroatoms. The van der Waals surface area contributed by atoms with Gasteiger partial charge >= 0.3 is 6.18 Å². The highest BCUT2D eigenvalue weighted by Crippen LogP contribution is 2.49. The second-order valence-electron chi connectivity index (χ2n) is 8.53. The summed E-state index contributed by atoms with van der Waals surface area (Å²) in [5, 5.41) is 11.7. The van der Waals surface area contributed by atoms with Gasteiger partial charge in [-0.3, -0.25) is 0 Å². The molecule has 0 spiro atoms. The van der Waals surface area contributed by atoms with Crippen molar-refractivity contribution in [1.29, 1.82) is 0 Å². The molecule has 3 rings (SSSR count). The topological polar surface area (TPSA) is 63.6 Å². The van der Waals surface area contributed by atoms with Crippen molar-refractivity contribution in [3.05, 3.63) is 59.2 Å². The number of benzene rings is 2. The maximum atomic E-state index is 13.5. The molecule has 1 aliphatic heterocycles. The molecule has 1 N–H and O–H groups in total. The van der Waals surface area contributed by atoms with Crippen molar-refractivity contribution in [3.8, 4) is 5.75 Å². The molecular formula is C24H29F3O4S. The quantitative estimate of drug-likeness (QED) is 0.599. The fourth-order valence-electron chi connectivity index (χ4n) is 4.75. The molecule has 0 amide bonds. The van der Waals surface area contributed by atoms with Crippen LogP contribution in [0.4, 0.5) is 13.2 Å². The van der Waals surface area contributed by atoms with E-state index in [-0.39, 0.29) is 21.8 Å². The summed E-state index contributed by atoms with van der Waals surface area (Å²) >= 11 is 0. The highest BCUT2D eigenvalue weighted by Gasteiger charge is 2.49. The molecule has 4 nitrogen and oxygen atoms in total. The zero-order valence-corrected chi connectivity index (χ0v) is 19.3. The average Bonchev–Trinajstić information content (AvgIpc) is 2.82. The Bertz CT molecular complexity index is 1070. The number of aliphatic hydroxyl groups excluding tert-OH is 1. The minimum Gasteiger partial charge on any atom is -0.497 e. The number of halogens is 3. The van der Waals surface area contributed by atoms with Crippen molar-refractivity contribution in [3.63, 3.8) is 0 Å². The number of sulfone groups is 1. The van der Waals surface area contributed by atoms with Crippen LogP contribution >= 0.6 is 0 Å². The largest absolute Gasteiger partial charge is 0.497 e. The molecule has 0 fully saturated rings. The molecule has 2 aromatic carbocycles. The van der Waals surface area contributed by atoms with E-state index < -0.39 is 39.0 Å². The molecule has 0 radical (unpaired) electrons. The van der Waals surface area contributed by atoms with E-state index in [9.17, 15) is 26.7 Å². The van der Waals surface area contributed by atoms with Gasteiger partial charge in [0.1, 0.15) is 5.75 Å². The second kappa shape index (κ2) is 9.06. The van der Waals surface area contributed by atoms with E-state index >= 15 is 0 Å². The van der Waals surface area contributed by atoms with E-state index in [2.05, 4.69) is 0 Å². The predicted octanol–water partition coefficient (Wildman–Crippen LogP) is 5.58. The minimum atomic E-state index is -4.56. The van der Waals surface area contributed by atoms with Gasteiger partial charge in [0.2, 0.25) is 0 Å². The van der Waals surface area contributed by atoms with Gasteiger partial charge in [0, 0.05) is 11.3 Å². The van der Waals surface area contributed by atoms with Crippen LogP contribution in [0.15, 0.2) is 47.4 Å². The molecule has 0 aromatic heterocycles. The molecule has 32 heavy (non-hydrogen) atoms. The Labute approximate surface area is 187 Å². The molecule has 0 bridgehead atoms. The molecule has 2 aromatic rings. The van der Waals surface area contributed by atoms with Gasteiger partial charge in [0.15, 0.2) is 9.84 Å². The fraction of sp³-hybridized carbons (Fsp3) is 0.500. The minimum absolute atomic E-state index is 0.0339. The molecule has 176 valence electrons. The van der Waals surface area contributed by atoms with Crippen LogP contribution < -0.4 is 4.74 Å². The lowest BCUT2D eigenvalue weighted by atomic mass is 9.69. The Morgan fingerprint density at radius 2 is 1.88 bits per heavy atom. The van der Waals surface area contributed by atoms with Crippen LogP contribution in [0.25, 0.3) is 0 Å². The van der Waals surface area contributed by atoms with Crippen LogP contribution in [0, 0.1) is 5.41 Å². The number of ether oxygens (including phenoxy) is 1. The summed E-state index contributed by atoms with van der Waals surface area (Å²) in [5.41, 5.74) is -1.33. The van der Waals surface area contributed by atoms with Crippen LogP contribution in [0.3, 0.4) is 0 Å². The van der Waals surface area contributed by atoms with Gasteiger partial charge in [-0.1, -0.05) is 44.9 Å². The Hall–Kier alpha value is -2.06. The molecule has 3 atom stereocenters. The van der Waals surface area contributed by atoms with Gasteiger partial charge in [-0.15, -0.1) is 0 Å². The first-order chi connectivity index (χ1) is 15.0. The number of alkyl halides is 3. The fourth-order valence-corrected chi connectivity index (χ4v) is 7.00. The van der Waals surface area contributed by atoms with Crippen LogP contribution in [0.5, 0.6) is 5.75 Å². The lowest BCUT2D eigenvalue weighted by molar-refractivity contribution is -0.137. The summed E-state index contributed by atoms with van der Waals surface area (Å²) in [4.78, 5) is 0.0339. The van der Waals surface area contributed by atoms with Gasteiger partial charge in [-0.2, -0.15) is 13.2 Å². The molecule has 0 unspecified atom stereocenters. The Morgan fingerprint density at radius 3 is 2.47 bits per heavy atom. The number of hydrogen-bond acceptors (Lipinski definition) is 4. The maximum absolute atomic E-state index is 13.5. The van der Waals surface area contributed by atoms with E-state index in [1.165, 1.54) is 37.4 Å². The summed E-state index contributed by atoms with van der Waals surface area (Å²) in [7, 11) is -2.37. The zero-order chi connectivity index (χ0) is 23.7. The van der Waals surface area contributed by atoms with Gasteiger partial charge in [-0.25, -0.2) is 8.42 Å². The Balaban J connectivity index is 2.32. The zero-order valence-electron chi connectivity index (χ0n) is 18.4. The third kappa shape index (κ3) is 4.53. The summed E-state index contributed by atoms with van der Waals surface area (Å²) in [5.74, 6) is -0.830. The number of unbranched alkanes of at least 4 members (excludes halogenated alkanes) is 1. The van der Waals surface area contributed by atoms with Crippen LogP contribution in [0.2, 0.25) is 0 Å². The molecule has 1 aliphatic rings. The van der Waals surface area contributed by atoms with Crippen molar-refractivity contribution in [2.24, 2.45) is 5.41 Å². The maximum Gasteiger partial charge on any atom is 0.416 e. The van der Waals surface area contributed by atoms with E-state index in [1.54, 1.807) is 0 Å². The summed E-state index contributed by atoms with van der Waals surface area (Å²) in [6.45, 7) is 3.80. The van der Waals surface area contributed by atoms with Gasteiger partial charge < -0.3 is 9.84 Å². The van der Waals surface area contributed by atoms with Crippen molar-refractivity contribution in [2.75, 3.05) is 12.9 Å². The van der Waals surface area contributed by atoms with E-state index in [4.69, 9.17) is 4.74 Å². The second-order valence-corrected chi connectivity index (χ2v) is 10.5. The molecule has 0 saturated heterocycles. The van der Waals surface area contributed by atoms with E-state index in [0.29, 0.717) is 25.0 Å². The number of methoxy groups -OCH3 is 1. The van der Waals surface area contributed by atoms with Gasteiger partial charge in [0.25, 0.3) is 0 Å². The average molecular weight is 471 g/mol. The number of hydrogen-bond donors (Lipinski definition) is 1. The summed E-state index contributed by atoms with van der Waals surface area (Å²) in [6, 6.07) is 9.27. The molecular weight excluding hydrogens is 441 g/mol. The number of rotatable bonds is 6. The van der Waals surface area contributed by atoms with Crippen LogP contribution in [-0.2, 0) is 16.0 Å². The van der Waals surface area contributed by atoms with Crippen molar-refractivity contribution in [2.45, 2.75) is 62.6 Å². The van der Waals surface area contributed by atoms with Crippen molar-refractivity contribution >= 4 is 9.84 Å². The van der Waals surface area contributed by atoms with Crippen LogP contribution in [-0.4, -0.2) is 32.5 Å². The Morgan fingerprint density at radius 1 is 1.16 bits per heavy atom. The standard InChI is InChI=1S/C24H29F3O4S/c1-4-6-12-23(5-2)15-32(29,30)20-11-10-18(31-3)14-19(20)21(22(23)28)16-8-7-9-17(13-16)24(25,26)27/h7-11,13-14,21-22,28H,4-6,12,15H2,1-3H3/t21-,22-,23+/m0/s1. The van der Waals surface area contributed by atoms with Crippen LogP contribution in [0.1, 0.15) is 62.1 Å². The first-order valence-corrected chi connectivity index (χ1v) is 12.4. The lowest BCUT2D eigenvalue weighted by Crippen LogP contribution is -2.42. The number of aliphatic hydroxyl groups is 1. The predicted molar refractivity (Wildman–Crippen MR) is 117 cm³/mol. The summed E-state index contributed by atoms with van der Waals surface area (Å²) in [6.07, 6.45) is -3.39.